The van der Waals surface area contributed by atoms with E-state index in [-0.39, 0.29) is 11.9 Å². The molecule has 21 heavy (non-hydrogen) atoms. The number of pyridine rings is 2. The number of nitrogens with zero attached hydrogens (tertiary/aromatic N) is 2. The molecular weight excluding hydrogens is 265 g/mol. The van der Waals surface area contributed by atoms with Crippen LogP contribution in [0, 0.1) is 5.82 Å². The van der Waals surface area contributed by atoms with Crippen molar-refractivity contribution < 1.29 is 4.39 Å². The Morgan fingerprint density at radius 1 is 1.05 bits per heavy atom. The minimum absolute atomic E-state index is 0.169. The standard InChI is InChI=1S/C17H16FN3/c1-19-16(17-14(18)6-4-9-21-17)11-12-8-10-20-15-7-3-2-5-13(12)15/h2-10,16,19H,11H2,1H3. The van der Waals surface area contributed by atoms with Crippen LogP contribution in [0.1, 0.15) is 17.3 Å². The number of likely N-dealkylation sites (N-methyl/N-ethyl adjacent to an activating group) is 1. The Morgan fingerprint density at radius 3 is 2.71 bits per heavy atom. The van der Waals surface area contributed by atoms with E-state index in [1.165, 1.54) is 6.07 Å². The highest BCUT2D eigenvalue weighted by Gasteiger charge is 2.17. The lowest BCUT2D eigenvalue weighted by Crippen LogP contribution is -2.21. The van der Waals surface area contributed by atoms with E-state index >= 15 is 0 Å². The quantitative estimate of drug-likeness (QED) is 0.797. The van der Waals surface area contributed by atoms with Gasteiger partial charge in [-0.25, -0.2) is 4.39 Å². The van der Waals surface area contributed by atoms with Gasteiger partial charge < -0.3 is 5.32 Å². The fraction of sp³-hybridized carbons (Fsp3) is 0.176. The van der Waals surface area contributed by atoms with Crippen LogP contribution in [0.4, 0.5) is 4.39 Å². The summed E-state index contributed by atoms with van der Waals surface area (Å²) in [6.45, 7) is 0. The number of rotatable bonds is 4. The van der Waals surface area contributed by atoms with Crippen LogP contribution in [-0.2, 0) is 6.42 Å². The molecule has 4 heteroatoms. The lowest BCUT2D eigenvalue weighted by molar-refractivity contribution is 0.517. The Labute approximate surface area is 122 Å². The third-order valence-electron chi connectivity index (χ3n) is 3.63. The zero-order chi connectivity index (χ0) is 14.7. The van der Waals surface area contributed by atoms with Crippen LogP contribution in [0.15, 0.2) is 54.9 Å². The molecule has 0 aliphatic rings. The fourth-order valence-electron chi connectivity index (χ4n) is 2.54. The van der Waals surface area contributed by atoms with Crippen molar-refractivity contribution in [3.05, 3.63) is 71.9 Å². The van der Waals surface area contributed by atoms with Gasteiger partial charge in [-0.3, -0.25) is 9.97 Å². The molecule has 1 unspecified atom stereocenters. The molecule has 0 saturated carbocycles. The van der Waals surface area contributed by atoms with Crippen molar-refractivity contribution in [2.45, 2.75) is 12.5 Å². The molecule has 106 valence electrons. The largest absolute Gasteiger partial charge is 0.311 e. The molecule has 1 N–H and O–H groups in total. The Bertz CT molecular complexity index is 752. The maximum Gasteiger partial charge on any atom is 0.146 e. The predicted molar refractivity (Wildman–Crippen MR) is 81.4 cm³/mol. The van der Waals surface area contributed by atoms with Gasteiger partial charge in [0.05, 0.1) is 17.3 Å². The van der Waals surface area contributed by atoms with Gasteiger partial charge in [0.25, 0.3) is 0 Å². The topological polar surface area (TPSA) is 37.8 Å². The zero-order valence-electron chi connectivity index (χ0n) is 11.8. The van der Waals surface area contributed by atoms with E-state index in [1.807, 2.05) is 37.4 Å². The highest BCUT2D eigenvalue weighted by atomic mass is 19.1. The number of benzene rings is 1. The van der Waals surface area contributed by atoms with Gasteiger partial charge in [-0.05, 0) is 43.3 Å². The monoisotopic (exact) mass is 281 g/mol. The maximum absolute atomic E-state index is 13.9. The predicted octanol–water partition coefficient (Wildman–Crippen LogP) is 3.27. The third kappa shape index (κ3) is 2.76. The van der Waals surface area contributed by atoms with E-state index in [0.29, 0.717) is 12.1 Å². The van der Waals surface area contributed by atoms with E-state index in [2.05, 4.69) is 15.3 Å². The first kappa shape index (κ1) is 13.6. The summed E-state index contributed by atoms with van der Waals surface area (Å²) < 4.78 is 13.9. The first-order valence-electron chi connectivity index (χ1n) is 6.90. The Kier molecular flexibility index (Phi) is 3.88. The van der Waals surface area contributed by atoms with Crippen LogP contribution in [-0.4, -0.2) is 17.0 Å². The van der Waals surface area contributed by atoms with Crippen molar-refractivity contribution in [1.29, 1.82) is 0 Å². The molecule has 1 atom stereocenters. The van der Waals surface area contributed by atoms with E-state index in [1.54, 1.807) is 18.5 Å². The summed E-state index contributed by atoms with van der Waals surface area (Å²) >= 11 is 0. The number of halogens is 1. The highest BCUT2D eigenvalue weighted by molar-refractivity contribution is 5.81. The molecule has 3 aromatic rings. The van der Waals surface area contributed by atoms with E-state index in [4.69, 9.17) is 0 Å². The molecule has 2 aromatic heterocycles. The Morgan fingerprint density at radius 2 is 1.90 bits per heavy atom. The normalized spacial score (nSPS) is 12.5. The number of hydrogen-bond donors (Lipinski definition) is 1. The Hall–Kier alpha value is -2.33. The first-order chi connectivity index (χ1) is 10.3. The second kappa shape index (κ2) is 5.97. The summed E-state index contributed by atoms with van der Waals surface area (Å²) in [5.41, 5.74) is 2.53. The molecule has 0 fully saturated rings. The molecule has 0 aliphatic carbocycles. The molecule has 3 nitrogen and oxygen atoms in total. The zero-order valence-corrected chi connectivity index (χ0v) is 11.8. The summed E-state index contributed by atoms with van der Waals surface area (Å²) in [5.74, 6) is -0.282. The maximum atomic E-state index is 13.9. The van der Waals surface area contributed by atoms with Gasteiger partial charge >= 0.3 is 0 Å². The number of nitrogens with one attached hydrogen (secondary N) is 1. The van der Waals surface area contributed by atoms with Gasteiger partial charge in [0.1, 0.15) is 5.82 Å². The average Bonchev–Trinajstić information content (AvgIpc) is 2.53. The second-order valence-corrected chi connectivity index (χ2v) is 4.90. The minimum Gasteiger partial charge on any atom is -0.311 e. The van der Waals surface area contributed by atoms with Crippen molar-refractivity contribution >= 4 is 10.9 Å². The number of fused-ring (bicyclic) bond motifs is 1. The molecule has 0 bridgehead atoms. The van der Waals surface area contributed by atoms with Crippen LogP contribution in [0.5, 0.6) is 0 Å². The summed E-state index contributed by atoms with van der Waals surface area (Å²) in [6.07, 6.45) is 4.07. The van der Waals surface area contributed by atoms with Gasteiger partial charge in [-0.15, -0.1) is 0 Å². The smallest absolute Gasteiger partial charge is 0.146 e. The highest BCUT2D eigenvalue weighted by Crippen LogP contribution is 2.23. The van der Waals surface area contributed by atoms with Crippen LogP contribution in [0.25, 0.3) is 10.9 Å². The van der Waals surface area contributed by atoms with Crippen LogP contribution in [0.2, 0.25) is 0 Å². The SMILES string of the molecule is CNC(Cc1ccnc2ccccc12)c1ncccc1F. The van der Waals surface area contributed by atoms with E-state index in [0.717, 1.165) is 16.5 Å². The summed E-state index contributed by atoms with van der Waals surface area (Å²) in [4.78, 5) is 8.53. The minimum atomic E-state index is -0.282. The molecule has 1 aromatic carbocycles. The van der Waals surface area contributed by atoms with Crippen molar-refractivity contribution in [3.8, 4) is 0 Å². The lowest BCUT2D eigenvalue weighted by atomic mass is 9.99. The number of hydrogen-bond acceptors (Lipinski definition) is 3. The van der Waals surface area contributed by atoms with E-state index in [9.17, 15) is 4.39 Å². The van der Waals surface area contributed by atoms with Gasteiger partial charge in [-0.1, -0.05) is 18.2 Å². The van der Waals surface area contributed by atoms with Crippen molar-refractivity contribution in [2.75, 3.05) is 7.05 Å². The Balaban J connectivity index is 1.98. The van der Waals surface area contributed by atoms with Gasteiger partial charge in [0.2, 0.25) is 0 Å². The van der Waals surface area contributed by atoms with Crippen molar-refractivity contribution in [1.82, 2.24) is 15.3 Å². The number of para-hydroxylation sites is 1. The second-order valence-electron chi connectivity index (χ2n) is 4.90. The van der Waals surface area contributed by atoms with Crippen LogP contribution < -0.4 is 5.32 Å². The van der Waals surface area contributed by atoms with Crippen molar-refractivity contribution in [2.24, 2.45) is 0 Å². The van der Waals surface area contributed by atoms with Crippen molar-refractivity contribution in [3.63, 3.8) is 0 Å². The molecular formula is C17H16FN3. The molecule has 3 rings (SSSR count). The molecule has 0 saturated heterocycles. The fourth-order valence-corrected chi connectivity index (χ4v) is 2.54. The van der Waals surface area contributed by atoms with E-state index < -0.39 is 0 Å². The van der Waals surface area contributed by atoms with Crippen LogP contribution in [0.3, 0.4) is 0 Å². The summed E-state index contributed by atoms with van der Waals surface area (Å²) in [6, 6.07) is 12.8. The molecule has 0 radical (unpaired) electrons. The molecule has 0 spiro atoms. The average molecular weight is 281 g/mol. The van der Waals surface area contributed by atoms with Gasteiger partial charge in [0, 0.05) is 17.8 Å². The van der Waals surface area contributed by atoms with Gasteiger partial charge in [0.15, 0.2) is 0 Å². The van der Waals surface area contributed by atoms with Crippen LogP contribution >= 0.6 is 0 Å². The molecule has 0 amide bonds. The molecule has 2 heterocycles. The summed E-state index contributed by atoms with van der Waals surface area (Å²) in [5, 5.41) is 4.24. The first-order valence-corrected chi connectivity index (χ1v) is 6.90. The number of aromatic nitrogens is 2. The lowest BCUT2D eigenvalue weighted by Gasteiger charge is -2.17. The summed E-state index contributed by atoms with van der Waals surface area (Å²) in [7, 11) is 1.82. The molecule has 0 aliphatic heterocycles. The third-order valence-corrected chi connectivity index (χ3v) is 3.63. The van der Waals surface area contributed by atoms with Gasteiger partial charge in [-0.2, -0.15) is 0 Å².